The zero-order chi connectivity index (χ0) is 27.3. The molecule has 0 fully saturated rings. The molecule has 0 aromatic heterocycles. The number of hydrogen-bond acceptors (Lipinski definition) is 5. The number of halogens is 1. The van der Waals surface area contributed by atoms with Crippen molar-refractivity contribution in [3.63, 3.8) is 0 Å². The molecule has 0 saturated heterocycles. The number of carbonyl (C=O) groups excluding carboxylic acids is 1. The van der Waals surface area contributed by atoms with E-state index < -0.39 is 33.9 Å². The highest BCUT2D eigenvalue weighted by Crippen LogP contribution is 2.42. The van der Waals surface area contributed by atoms with Crippen LogP contribution in [0.2, 0.25) is 0 Å². The highest BCUT2D eigenvalue weighted by molar-refractivity contribution is 7.92. The number of benzene rings is 3. The standard InChI is InChI=1S/C29H33FN2O5S/c1-4-29(5-2)19-26(25-9-7-8-10-27(25)37-29)31-28(33)20-32(22-13-15-23(16-14-22)36-6-3)38(34,35)24-17-11-21(30)12-18-24/h7-18,26H,4-6,19-20H2,1-3H3,(H,31,33). The molecule has 0 aliphatic carbocycles. The highest BCUT2D eigenvalue weighted by Gasteiger charge is 2.39. The minimum atomic E-state index is -4.18. The summed E-state index contributed by atoms with van der Waals surface area (Å²) in [7, 11) is -4.18. The summed E-state index contributed by atoms with van der Waals surface area (Å²) in [5.41, 5.74) is 0.713. The maximum Gasteiger partial charge on any atom is 0.264 e. The number of carbonyl (C=O) groups is 1. The van der Waals surface area contributed by atoms with Crippen molar-refractivity contribution in [1.82, 2.24) is 5.32 Å². The lowest BCUT2D eigenvalue weighted by Gasteiger charge is -2.41. The van der Waals surface area contributed by atoms with E-state index in [1.54, 1.807) is 24.3 Å². The molecule has 1 atom stereocenters. The lowest BCUT2D eigenvalue weighted by molar-refractivity contribution is -0.121. The van der Waals surface area contributed by atoms with Gasteiger partial charge in [0.25, 0.3) is 10.0 Å². The summed E-state index contributed by atoms with van der Waals surface area (Å²) in [6, 6.07) is 18.2. The van der Waals surface area contributed by atoms with Gasteiger partial charge >= 0.3 is 0 Å². The molecule has 4 rings (SSSR count). The highest BCUT2D eigenvalue weighted by atomic mass is 32.2. The van der Waals surface area contributed by atoms with Crippen LogP contribution in [0.5, 0.6) is 11.5 Å². The Labute approximate surface area is 223 Å². The van der Waals surface area contributed by atoms with Crippen molar-refractivity contribution in [3.05, 3.63) is 84.2 Å². The van der Waals surface area contributed by atoms with Crippen LogP contribution < -0.4 is 19.1 Å². The van der Waals surface area contributed by atoms with Crippen molar-refractivity contribution < 1.29 is 27.1 Å². The molecule has 0 bridgehead atoms. The summed E-state index contributed by atoms with van der Waals surface area (Å²) >= 11 is 0. The van der Waals surface area contributed by atoms with Crippen LogP contribution in [0, 0.1) is 5.82 Å². The molecule has 0 saturated carbocycles. The third kappa shape index (κ3) is 5.78. The Bertz CT molecular complexity index is 1360. The second-order valence-corrected chi connectivity index (χ2v) is 11.1. The first kappa shape index (κ1) is 27.4. The number of anilines is 1. The number of para-hydroxylation sites is 1. The van der Waals surface area contributed by atoms with Gasteiger partial charge in [-0.1, -0.05) is 32.0 Å². The molecule has 1 aliphatic heterocycles. The number of rotatable bonds is 10. The minimum absolute atomic E-state index is 0.118. The molecule has 1 unspecified atom stereocenters. The first-order valence-corrected chi connectivity index (χ1v) is 14.2. The fourth-order valence-electron chi connectivity index (χ4n) is 4.72. The zero-order valence-electron chi connectivity index (χ0n) is 21.8. The van der Waals surface area contributed by atoms with Gasteiger partial charge < -0.3 is 14.8 Å². The predicted molar refractivity (Wildman–Crippen MR) is 144 cm³/mol. The van der Waals surface area contributed by atoms with E-state index >= 15 is 0 Å². The first-order valence-electron chi connectivity index (χ1n) is 12.8. The molecule has 0 spiro atoms. The number of sulfonamides is 1. The van der Waals surface area contributed by atoms with E-state index in [1.165, 1.54) is 12.1 Å². The summed E-state index contributed by atoms with van der Waals surface area (Å²) in [5, 5.41) is 3.05. The van der Waals surface area contributed by atoms with Crippen molar-refractivity contribution in [2.75, 3.05) is 17.5 Å². The van der Waals surface area contributed by atoms with Gasteiger partial charge in [-0.3, -0.25) is 9.10 Å². The van der Waals surface area contributed by atoms with E-state index in [0.717, 1.165) is 40.6 Å². The van der Waals surface area contributed by atoms with Crippen LogP contribution in [0.4, 0.5) is 10.1 Å². The number of hydrogen-bond donors (Lipinski definition) is 1. The molecule has 1 heterocycles. The van der Waals surface area contributed by atoms with Crippen molar-refractivity contribution >= 4 is 21.6 Å². The Balaban J connectivity index is 1.65. The summed E-state index contributed by atoms with van der Waals surface area (Å²) in [5.74, 6) is 0.277. The van der Waals surface area contributed by atoms with Gasteiger partial charge in [0.1, 0.15) is 29.5 Å². The minimum Gasteiger partial charge on any atom is -0.494 e. The maximum absolute atomic E-state index is 13.6. The number of amides is 1. The Morgan fingerprint density at radius 2 is 1.68 bits per heavy atom. The predicted octanol–water partition coefficient (Wildman–Crippen LogP) is 5.62. The molecule has 7 nitrogen and oxygen atoms in total. The van der Waals surface area contributed by atoms with Gasteiger partial charge in [0.15, 0.2) is 0 Å². The van der Waals surface area contributed by atoms with E-state index in [-0.39, 0.29) is 16.6 Å². The van der Waals surface area contributed by atoms with Gasteiger partial charge in [-0.2, -0.15) is 0 Å². The largest absolute Gasteiger partial charge is 0.494 e. The van der Waals surface area contributed by atoms with Crippen LogP contribution in [0.3, 0.4) is 0 Å². The lowest BCUT2D eigenvalue weighted by Crippen LogP contribution is -2.47. The van der Waals surface area contributed by atoms with Crippen molar-refractivity contribution in [1.29, 1.82) is 0 Å². The Morgan fingerprint density at radius 3 is 2.32 bits per heavy atom. The molecular weight excluding hydrogens is 507 g/mol. The van der Waals surface area contributed by atoms with Crippen molar-refractivity contribution in [2.24, 2.45) is 0 Å². The summed E-state index contributed by atoms with van der Waals surface area (Å²) < 4.78 is 53.7. The zero-order valence-corrected chi connectivity index (χ0v) is 22.6. The third-order valence-electron chi connectivity index (χ3n) is 6.95. The summed E-state index contributed by atoms with van der Waals surface area (Å²) in [6.07, 6.45) is 2.10. The average molecular weight is 541 g/mol. The van der Waals surface area contributed by atoms with Gasteiger partial charge in [0, 0.05) is 12.0 Å². The van der Waals surface area contributed by atoms with Gasteiger partial charge in [-0.05, 0) is 74.4 Å². The van der Waals surface area contributed by atoms with Crippen LogP contribution in [0.25, 0.3) is 0 Å². The van der Waals surface area contributed by atoms with Crippen molar-refractivity contribution in [2.45, 2.75) is 56.6 Å². The fourth-order valence-corrected chi connectivity index (χ4v) is 6.15. The number of nitrogens with one attached hydrogen (secondary N) is 1. The Hall–Kier alpha value is -3.59. The van der Waals surface area contributed by atoms with E-state index in [9.17, 15) is 17.6 Å². The molecule has 1 N–H and O–H groups in total. The van der Waals surface area contributed by atoms with Crippen molar-refractivity contribution in [3.8, 4) is 11.5 Å². The summed E-state index contributed by atoms with van der Waals surface area (Å²) in [6.45, 7) is 5.96. The Kier molecular flexibility index (Phi) is 8.26. The molecular formula is C29H33FN2O5S. The monoisotopic (exact) mass is 540 g/mol. The fraction of sp³-hybridized carbons (Fsp3) is 0.345. The molecule has 38 heavy (non-hydrogen) atoms. The molecule has 3 aromatic carbocycles. The van der Waals surface area contributed by atoms with Gasteiger partial charge in [0.2, 0.25) is 5.91 Å². The molecule has 9 heteroatoms. The molecule has 1 aliphatic rings. The SMILES string of the molecule is CCOc1ccc(N(CC(=O)NC2CC(CC)(CC)Oc3ccccc32)S(=O)(=O)c2ccc(F)cc2)cc1. The molecule has 202 valence electrons. The quantitative estimate of drug-likeness (QED) is 0.361. The normalized spacial score (nSPS) is 16.2. The molecule has 0 radical (unpaired) electrons. The van der Waals surface area contributed by atoms with E-state index in [0.29, 0.717) is 18.8 Å². The van der Waals surface area contributed by atoms with Gasteiger partial charge in [-0.25, -0.2) is 12.8 Å². The lowest BCUT2D eigenvalue weighted by atomic mass is 9.83. The first-order chi connectivity index (χ1) is 18.2. The average Bonchev–Trinajstić information content (AvgIpc) is 2.92. The Morgan fingerprint density at radius 1 is 1.03 bits per heavy atom. The van der Waals surface area contributed by atoms with Gasteiger partial charge in [-0.15, -0.1) is 0 Å². The number of fused-ring (bicyclic) bond motifs is 1. The van der Waals surface area contributed by atoms with E-state index in [4.69, 9.17) is 9.47 Å². The number of ether oxygens (including phenoxy) is 2. The smallest absolute Gasteiger partial charge is 0.264 e. The number of nitrogens with zero attached hydrogens (tertiary/aromatic N) is 1. The van der Waals surface area contributed by atoms with E-state index in [2.05, 4.69) is 19.2 Å². The van der Waals surface area contributed by atoms with Crippen LogP contribution in [-0.2, 0) is 14.8 Å². The third-order valence-corrected chi connectivity index (χ3v) is 8.73. The topological polar surface area (TPSA) is 84.9 Å². The second kappa shape index (κ2) is 11.4. The summed E-state index contributed by atoms with van der Waals surface area (Å²) in [4.78, 5) is 13.3. The van der Waals surface area contributed by atoms with Crippen LogP contribution in [0.1, 0.15) is 51.6 Å². The van der Waals surface area contributed by atoms with Crippen LogP contribution >= 0.6 is 0 Å². The second-order valence-electron chi connectivity index (χ2n) is 9.25. The molecule has 1 amide bonds. The van der Waals surface area contributed by atoms with E-state index in [1.807, 2.05) is 31.2 Å². The van der Waals surface area contributed by atoms with Crippen LogP contribution in [0.15, 0.2) is 77.7 Å². The van der Waals surface area contributed by atoms with Crippen LogP contribution in [-0.4, -0.2) is 33.1 Å². The maximum atomic E-state index is 13.6. The van der Waals surface area contributed by atoms with Gasteiger partial charge in [0.05, 0.1) is 23.2 Å². The molecule has 3 aromatic rings.